The Morgan fingerprint density at radius 1 is 1.39 bits per heavy atom. The molecule has 0 spiro atoms. The number of amides is 1. The zero-order chi connectivity index (χ0) is 12.8. The summed E-state index contributed by atoms with van der Waals surface area (Å²) < 4.78 is 0. The molecule has 1 rings (SSSR count). The van der Waals surface area contributed by atoms with Crippen LogP contribution < -0.4 is 11.1 Å². The Morgan fingerprint density at radius 2 is 2.00 bits per heavy atom. The molecule has 0 saturated heterocycles. The monoisotopic (exact) mass is 276 g/mol. The first-order valence-electron chi connectivity index (χ1n) is 7.12. The van der Waals surface area contributed by atoms with Crippen molar-refractivity contribution in [3.8, 4) is 0 Å². The van der Waals surface area contributed by atoms with Crippen molar-refractivity contribution in [1.29, 1.82) is 0 Å². The van der Waals surface area contributed by atoms with Gasteiger partial charge in [0.25, 0.3) is 0 Å². The lowest BCUT2D eigenvalue weighted by Gasteiger charge is -2.35. The van der Waals surface area contributed by atoms with Gasteiger partial charge in [0.2, 0.25) is 5.91 Å². The number of carbonyl (C=O) groups excluding carboxylic acids is 1. The van der Waals surface area contributed by atoms with Crippen molar-refractivity contribution < 1.29 is 4.79 Å². The van der Waals surface area contributed by atoms with Crippen LogP contribution in [0.3, 0.4) is 0 Å². The predicted molar refractivity (Wildman–Crippen MR) is 78.9 cm³/mol. The number of halogens is 1. The van der Waals surface area contributed by atoms with Crippen LogP contribution in [0.15, 0.2) is 0 Å². The van der Waals surface area contributed by atoms with Crippen molar-refractivity contribution in [2.75, 3.05) is 0 Å². The topological polar surface area (TPSA) is 55.1 Å². The first-order chi connectivity index (χ1) is 8.06. The first-order valence-corrected chi connectivity index (χ1v) is 7.12. The average Bonchev–Trinajstić information content (AvgIpc) is 2.21. The zero-order valence-corrected chi connectivity index (χ0v) is 12.8. The van der Waals surface area contributed by atoms with Gasteiger partial charge in [-0.2, -0.15) is 0 Å². The van der Waals surface area contributed by atoms with Gasteiger partial charge in [0.1, 0.15) is 0 Å². The van der Waals surface area contributed by atoms with Crippen LogP contribution in [0, 0.1) is 11.8 Å². The summed E-state index contributed by atoms with van der Waals surface area (Å²) in [4.78, 5) is 12.0. The van der Waals surface area contributed by atoms with Crippen LogP contribution in [0.2, 0.25) is 0 Å². The molecule has 1 fully saturated rings. The second-order valence-corrected chi connectivity index (χ2v) is 5.60. The number of unbranched alkanes of at least 4 members (excludes halogenated alkanes) is 1. The molecule has 4 heteroatoms. The van der Waals surface area contributed by atoms with Crippen LogP contribution in [0.25, 0.3) is 0 Å². The summed E-state index contributed by atoms with van der Waals surface area (Å²) in [5.74, 6) is 0.762. The Bertz CT molecular complexity index is 242. The zero-order valence-electron chi connectivity index (χ0n) is 11.9. The summed E-state index contributed by atoms with van der Waals surface area (Å²) in [6.45, 7) is 6.01. The van der Waals surface area contributed by atoms with E-state index in [1.54, 1.807) is 0 Å². The Labute approximate surface area is 118 Å². The van der Waals surface area contributed by atoms with Crippen molar-refractivity contribution in [3.05, 3.63) is 0 Å². The van der Waals surface area contributed by atoms with Crippen LogP contribution >= 0.6 is 12.4 Å². The summed E-state index contributed by atoms with van der Waals surface area (Å²) in [5, 5.41) is 3.22. The summed E-state index contributed by atoms with van der Waals surface area (Å²) >= 11 is 0. The van der Waals surface area contributed by atoms with E-state index in [-0.39, 0.29) is 30.3 Å². The fourth-order valence-corrected chi connectivity index (χ4v) is 2.24. The molecule has 0 heterocycles. The van der Waals surface area contributed by atoms with Gasteiger partial charge < -0.3 is 11.1 Å². The molecule has 108 valence electrons. The number of carbonyl (C=O) groups is 1. The molecule has 18 heavy (non-hydrogen) atoms. The molecule has 1 aliphatic rings. The first kappa shape index (κ1) is 17.7. The van der Waals surface area contributed by atoms with Crippen molar-refractivity contribution in [2.24, 2.45) is 17.6 Å². The lowest BCUT2D eigenvalue weighted by Crippen LogP contribution is -2.47. The highest BCUT2D eigenvalue weighted by Gasteiger charge is 2.29. The maximum absolute atomic E-state index is 12.0. The average molecular weight is 277 g/mol. The van der Waals surface area contributed by atoms with E-state index in [2.05, 4.69) is 12.2 Å². The third kappa shape index (κ3) is 5.15. The number of nitrogens with two attached hydrogens (primary N) is 1. The van der Waals surface area contributed by atoms with E-state index in [9.17, 15) is 4.79 Å². The molecule has 3 atom stereocenters. The normalized spacial score (nSPS) is 20.2. The third-order valence-electron chi connectivity index (χ3n) is 4.12. The van der Waals surface area contributed by atoms with Gasteiger partial charge >= 0.3 is 0 Å². The van der Waals surface area contributed by atoms with Crippen LogP contribution in [0.4, 0.5) is 0 Å². The van der Waals surface area contributed by atoms with Gasteiger partial charge in [0.15, 0.2) is 0 Å². The minimum absolute atomic E-state index is 0. The second-order valence-electron chi connectivity index (χ2n) is 5.60. The number of hydrogen-bond donors (Lipinski definition) is 2. The highest BCUT2D eigenvalue weighted by Crippen LogP contribution is 2.31. The minimum Gasteiger partial charge on any atom is -0.353 e. The van der Waals surface area contributed by atoms with Gasteiger partial charge in [-0.1, -0.05) is 33.1 Å². The van der Waals surface area contributed by atoms with Crippen LogP contribution in [0.5, 0.6) is 0 Å². The standard InChI is InChI=1S/C14H28N2O.ClH/c1-4-5-9-13(12-7-6-8-12)16-14(17)10(2)11(3)15;/h10-13H,4-9,15H2,1-3H3,(H,16,17);1H. The van der Waals surface area contributed by atoms with Crippen molar-refractivity contribution in [3.63, 3.8) is 0 Å². The van der Waals surface area contributed by atoms with Gasteiger partial charge in [-0.25, -0.2) is 0 Å². The van der Waals surface area contributed by atoms with Crippen LogP contribution in [0.1, 0.15) is 59.3 Å². The maximum Gasteiger partial charge on any atom is 0.224 e. The summed E-state index contributed by atoms with van der Waals surface area (Å²) in [7, 11) is 0. The van der Waals surface area contributed by atoms with E-state index in [0.717, 1.165) is 6.42 Å². The lowest BCUT2D eigenvalue weighted by atomic mass is 9.78. The number of nitrogens with one attached hydrogen (secondary N) is 1. The van der Waals surface area contributed by atoms with Gasteiger partial charge in [0.05, 0.1) is 0 Å². The van der Waals surface area contributed by atoms with Gasteiger partial charge in [-0.05, 0) is 32.1 Å². The molecule has 0 radical (unpaired) electrons. The van der Waals surface area contributed by atoms with Gasteiger partial charge in [-0.15, -0.1) is 12.4 Å². The lowest BCUT2D eigenvalue weighted by molar-refractivity contribution is -0.126. The van der Waals surface area contributed by atoms with Crippen molar-refractivity contribution in [2.45, 2.75) is 71.4 Å². The molecule has 1 aliphatic carbocycles. The molecule has 0 aliphatic heterocycles. The third-order valence-corrected chi connectivity index (χ3v) is 4.12. The fraction of sp³-hybridized carbons (Fsp3) is 0.929. The molecule has 0 aromatic carbocycles. The van der Waals surface area contributed by atoms with Crippen molar-refractivity contribution in [1.82, 2.24) is 5.32 Å². The smallest absolute Gasteiger partial charge is 0.224 e. The largest absolute Gasteiger partial charge is 0.353 e. The van der Waals surface area contributed by atoms with Gasteiger partial charge in [0, 0.05) is 18.0 Å². The van der Waals surface area contributed by atoms with E-state index < -0.39 is 0 Å². The minimum atomic E-state index is -0.0841. The molecule has 3 unspecified atom stereocenters. The summed E-state index contributed by atoms with van der Waals surface area (Å²) in [5.41, 5.74) is 5.77. The Balaban J connectivity index is 0.00000289. The van der Waals surface area contributed by atoms with E-state index in [1.807, 2.05) is 13.8 Å². The van der Waals surface area contributed by atoms with Crippen LogP contribution in [-0.4, -0.2) is 18.0 Å². The van der Waals surface area contributed by atoms with E-state index in [0.29, 0.717) is 12.0 Å². The molecule has 1 amide bonds. The highest BCUT2D eigenvalue weighted by molar-refractivity contribution is 5.85. The SMILES string of the molecule is CCCCC(NC(=O)C(C)C(C)N)C1CCC1.Cl. The Hall–Kier alpha value is -0.280. The molecule has 3 nitrogen and oxygen atoms in total. The number of hydrogen-bond acceptors (Lipinski definition) is 2. The molecular weight excluding hydrogens is 248 g/mol. The molecule has 0 bridgehead atoms. The molecular formula is C14H29ClN2O. The van der Waals surface area contributed by atoms with E-state index in [4.69, 9.17) is 5.73 Å². The van der Waals surface area contributed by atoms with Crippen molar-refractivity contribution >= 4 is 18.3 Å². The quantitative estimate of drug-likeness (QED) is 0.751. The predicted octanol–water partition coefficient (Wildman–Crippen LogP) is 2.87. The molecule has 0 aromatic rings. The summed E-state index contributed by atoms with van der Waals surface area (Å²) in [6, 6.07) is 0.320. The van der Waals surface area contributed by atoms with E-state index >= 15 is 0 Å². The van der Waals surface area contributed by atoms with E-state index in [1.165, 1.54) is 32.1 Å². The molecule has 0 aromatic heterocycles. The number of rotatable bonds is 7. The fourth-order valence-electron chi connectivity index (χ4n) is 2.24. The highest BCUT2D eigenvalue weighted by atomic mass is 35.5. The second kappa shape index (κ2) is 8.76. The van der Waals surface area contributed by atoms with Gasteiger partial charge in [-0.3, -0.25) is 4.79 Å². The maximum atomic E-state index is 12.0. The summed E-state index contributed by atoms with van der Waals surface area (Å²) in [6.07, 6.45) is 7.41. The molecule has 1 saturated carbocycles. The van der Waals surface area contributed by atoms with Crippen LogP contribution in [-0.2, 0) is 4.79 Å². The Kier molecular flexibility index (Phi) is 8.62. The molecule has 3 N–H and O–H groups in total. The Morgan fingerprint density at radius 3 is 2.39 bits per heavy atom.